The van der Waals surface area contributed by atoms with Crippen molar-refractivity contribution < 1.29 is 4.79 Å². The Morgan fingerprint density at radius 3 is 2.58 bits per heavy atom. The minimum Gasteiger partial charge on any atom is -0.359 e. The Morgan fingerprint density at radius 2 is 1.86 bits per heavy atom. The zero-order valence-electron chi connectivity index (χ0n) is 25.1. The van der Waals surface area contributed by atoms with Crippen LogP contribution in [0.4, 0.5) is 0 Å². The number of fused-ring (bicyclic) bond motifs is 1. The number of carbonyl (C=O) groups excluding carboxylic acids is 1. The number of rotatable bonds is 9. The van der Waals surface area contributed by atoms with Crippen LogP contribution in [-0.2, 0) is 31.2 Å². The van der Waals surface area contributed by atoms with Crippen molar-refractivity contribution in [2.75, 3.05) is 13.1 Å². The Kier molecular flexibility index (Phi) is 9.09. The molecule has 0 spiro atoms. The summed E-state index contributed by atoms with van der Waals surface area (Å²) in [7, 11) is 1.93. The summed E-state index contributed by atoms with van der Waals surface area (Å²) in [6, 6.07) is 15.6. The second kappa shape index (κ2) is 13.1. The SMILES string of the molecule is Cn1nnnc1CC1(C2CCCCC2)CCN(C(=N)[C@@H](Cc2ccc(Cl)cc2)NC(=O)CC2NCc3ccccc32)CC1. The number of benzene rings is 2. The number of halogens is 1. The fourth-order valence-electron chi connectivity index (χ4n) is 7.64. The number of aryl methyl sites for hydroxylation is 1. The number of likely N-dealkylation sites (tertiary alicyclic amines) is 1. The number of amidine groups is 1. The zero-order valence-corrected chi connectivity index (χ0v) is 25.8. The van der Waals surface area contributed by atoms with Gasteiger partial charge in [0.25, 0.3) is 0 Å². The summed E-state index contributed by atoms with van der Waals surface area (Å²) in [6.07, 6.45) is 10.2. The number of nitrogens with zero attached hydrogens (tertiary/aromatic N) is 5. The van der Waals surface area contributed by atoms with Crippen LogP contribution in [0.2, 0.25) is 5.02 Å². The summed E-state index contributed by atoms with van der Waals surface area (Å²) in [6.45, 7) is 2.37. The Hall–Kier alpha value is -3.30. The average Bonchev–Trinajstić information content (AvgIpc) is 3.63. The topological polar surface area (TPSA) is 112 Å². The smallest absolute Gasteiger partial charge is 0.222 e. The number of aromatic nitrogens is 4. The lowest BCUT2D eigenvalue weighted by Crippen LogP contribution is -2.54. The first-order chi connectivity index (χ1) is 20.9. The second-order valence-electron chi connectivity index (χ2n) is 12.8. The molecule has 2 fully saturated rings. The molecule has 0 radical (unpaired) electrons. The number of piperidine rings is 1. The molecule has 228 valence electrons. The largest absolute Gasteiger partial charge is 0.359 e. The number of tetrazole rings is 1. The molecule has 43 heavy (non-hydrogen) atoms. The summed E-state index contributed by atoms with van der Waals surface area (Å²) in [5.74, 6) is 2.05. The molecule has 1 saturated heterocycles. The number of amides is 1. The molecular weight excluding hydrogens is 560 g/mol. The van der Waals surface area contributed by atoms with Crippen LogP contribution in [0.25, 0.3) is 0 Å². The summed E-state index contributed by atoms with van der Waals surface area (Å²) in [4.78, 5) is 15.7. The van der Waals surface area contributed by atoms with E-state index < -0.39 is 6.04 Å². The third-order valence-corrected chi connectivity index (χ3v) is 10.4. The fourth-order valence-corrected chi connectivity index (χ4v) is 7.77. The van der Waals surface area contributed by atoms with Gasteiger partial charge in [-0.15, -0.1) is 5.10 Å². The fraction of sp³-hybridized carbons (Fsp3) is 0.545. The number of nitrogens with one attached hydrogen (secondary N) is 3. The van der Waals surface area contributed by atoms with Gasteiger partial charge in [0.2, 0.25) is 5.91 Å². The van der Waals surface area contributed by atoms with E-state index in [-0.39, 0.29) is 17.4 Å². The molecule has 1 aromatic heterocycles. The Balaban J connectivity index is 1.16. The molecule has 3 aromatic rings. The highest BCUT2D eigenvalue weighted by Gasteiger charge is 2.43. The second-order valence-corrected chi connectivity index (χ2v) is 13.2. The lowest BCUT2D eigenvalue weighted by Gasteiger charge is -2.49. The Bertz CT molecular complexity index is 1410. The predicted molar refractivity (Wildman–Crippen MR) is 168 cm³/mol. The normalized spacial score (nSPS) is 20.9. The molecule has 3 aliphatic rings. The van der Waals surface area contributed by atoms with E-state index in [1.165, 1.54) is 43.2 Å². The summed E-state index contributed by atoms with van der Waals surface area (Å²) >= 11 is 6.16. The van der Waals surface area contributed by atoms with E-state index in [2.05, 4.69) is 43.2 Å². The molecule has 3 N–H and O–H groups in total. The monoisotopic (exact) mass is 602 g/mol. The summed E-state index contributed by atoms with van der Waals surface area (Å²) in [5.41, 5.74) is 3.62. The third-order valence-electron chi connectivity index (χ3n) is 10.2. The molecule has 1 unspecified atom stereocenters. The molecule has 1 saturated carbocycles. The van der Waals surface area contributed by atoms with E-state index in [0.717, 1.165) is 50.3 Å². The first-order valence-corrected chi connectivity index (χ1v) is 16.2. The highest BCUT2D eigenvalue weighted by molar-refractivity contribution is 6.30. The van der Waals surface area contributed by atoms with Gasteiger partial charge in [0.1, 0.15) is 5.84 Å². The van der Waals surface area contributed by atoms with Gasteiger partial charge in [-0.1, -0.05) is 67.3 Å². The zero-order chi connectivity index (χ0) is 29.8. The molecular formula is C33H43ClN8O. The average molecular weight is 603 g/mol. The van der Waals surface area contributed by atoms with Gasteiger partial charge in [0.15, 0.2) is 5.82 Å². The number of carbonyl (C=O) groups is 1. The van der Waals surface area contributed by atoms with Crippen LogP contribution < -0.4 is 10.6 Å². The van der Waals surface area contributed by atoms with Crippen molar-refractivity contribution in [2.24, 2.45) is 18.4 Å². The lowest BCUT2D eigenvalue weighted by molar-refractivity contribution is -0.122. The van der Waals surface area contributed by atoms with Gasteiger partial charge in [-0.05, 0) is 82.7 Å². The minimum absolute atomic E-state index is 0.0113. The molecule has 1 amide bonds. The molecule has 10 heteroatoms. The maximum atomic E-state index is 13.5. The van der Waals surface area contributed by atoms with E-state index in [4.69, 9.17) is 11.6 Å². The summed E-state index contributed by atoms with van der Waals surface area (Å²) < 4.78 is 1.81. The molecule has 1 aliphatic carbocycles. The van der Waals surface area contributed by atoms with Crippen molar-refractivity contribution >= 4 is 23.3 Å². The quantitative estimate of drug-likeness (QED) is 0.235. The molecule has 2 atom stereocenters. The number of hydrogen-bond acceptors (Lipinski definition) is 6. The van der Waals surface area contributed by atoms with Crippen LogP contribution in [0.1, 0.15) is 79.9 Å². The third kappa shape index (κ3) is 6.78. The Morgan fingerprint density at radius 1 is 1.12 bits per heavy atom. The standard InChI is InChI=1S/C33H43ClN8O/c1-41-30(38-39-40-41)21-33(25-8-3-2-4-9-25)15-17-42(18-16-33)32(35)29(19-23-11-13-26(34)14-12-23)37-31(43)20-28-27-10-6-5-7-24(27)22-36-28/h5-7,10-14,25,28-29,35-36H,2-4,8-9,15-22H2,1H3,(H,37,43)/t28?,29-/m1/s1. The summed E-state index contributed by atoms with van der Waals surface area (Å²) in [5, 5.41) is 29.2. The van der Waals surface area contributed by atoms with Crippen molar-refractivity contribution in [1.82, 2.24) is 35.7 Å². The molecule has 2 aliphatic heterocycles. The first kappa shape index (κ1) is 29.8. The van der Waals surface area contributed by atoms with E-state index in [0.29, 0.717) is 29.6 Å². The van der Waals surface area contributed by atoms with Gasteiger partial charge in [-0.25, -0.2) is 4.68 Å². The van der Waals surface area contributed by atoms with Gasteiger partial charge < -0.3 is 15.5 Å². The highest BCUT2D eigenvalue weighted by atomic mass is 35.5. The maximum Gasteiger partial charge on any atom is 0.222 e. The van der Waals surface area contributed by atoms with Crippen molar-refractivity contribution in [2.45, 2.75) is 82.8 Å². The van der Waals surface area contributed by atoms with Gasteiger partial charge in [0.05, 0.1) is 6.04 Å². The molecule has 0 bridgehead atoms. The van der Waals surface area contributed by atoms with Crippen LogP contribution in [0.15, 0.2) is 48.5 Å². The van der Waals surface area contributed by atoms with Crippen LogP contribution >= 0.6 is 11.6 Å². The molecule has 6 rings (SSSR count). The molecule has 3 heterocycles. The first-order valence-electron chi connectivity index (χ1n) is 15.8. The molecule has 9 nitrogen and oxygen atoms in total. The van der Waals surface area contributed by atoms with Gasteiger partial charge in [-0.3, -0.25) is 10.2 Å². The minimum atomic E-state index is -0.421. The molecule has 2 aromatic carbocycles. The van der Waals surface area contributed by atoms with Crippen LogP contribution in [0, 0.1) is 16.7 Å². The van der Waals surface area contributed by atoms with Gasteiger partial charge in [0, 0.05) is 50.6 Å². The van der Waals surface area contributed by atoms with E-state index in [1.54, 1.807) is 0 Å². The van der Waals surface area contributed by atoms with E-state index in [1.807, 2.05) is 48.1 Å². The van der Waals surface area contributed by atoms with Crippen molar-refractivity contribution in [1.29, 1.82) is 5.41 Å². The van der Waals surface area contributed by atoms with Gasteiger partial charge >= 0.3 is 0 Å². The van der Waals surface area contributed by atoms with E-state index in [9.17, 15) is 10.2 Å². The maximum absolute atomic E-state index is 13.5. The van der Waals surface area contributed by atoms with Crippen molar-refractivity contribution in [3.63, 3.8) is 0 Å². The lowest BCUT2D eigenvalue weighted by atomic mass is 9.62. The van der Waals surface area contributed by atoms with E-state index >= 15 is 0 Å². The highest BCUT2D eigenvalue weighted by Crippen LogP contribution is 2.48. The Labute approximate surface area is 259 Å². The van der Waals surface area contributed by atoms with Crippen LogP contribution in [0.3, 0.4) is 0 Å². The van der Waals surface area contributed by atoms with Crippen LogP contribution in [0.5, 0.6) is 0 Å². The number of hydrogen-bond donors (Lipinski definition) is 3. The van der Waals surface area contributed by atoms with Crippen molar-refractivity contribution in [3.05, 3.63) is 76.1 Å². The van der Waals surface area contributed by atoms with Gasteiger partial charge in [-0.2, -0.15) is 0 Å². The van der Waals surface area contributed by atoms with Crippen molar-refractivity contribution in [3.8, 4) is 0 Å². The van der Waals surface area contributed by atoms with Crippen LogP contribution in [-0.4, -0.2) is 56.0 Å². The predicted octanol–water partition coefficient (Wildman–Crippen LogP) is 5.01.